The average molecular weight is 580 g/mol. The molecule has 224 valence electrons. The number of benzene rings is 2. The molecule has 2 aromatic rings. The molecule has 0 bridgehead atoms. The summed E-state index contributed by atoms with van der Waals surface area (Å²) in [6, 6.07) is 4.42. The van der Waals surface area contributed by atoms with Crippen molar-refractivity contribution in [2.45, 2.75) is 44.9 Å². The van der Waals surface area contributed by atoms with Gasteiger partial charge in [0.2, 0.25) is 5.78 Å². The van der Waals surface area contributed by atoms with Crippen LogP contribution in [0.5, 0.6) is 11.5 Å². The highest BCUT2D eigenvalue weighted by Crippen LogP contribution is 2.55. The van der Waals surface area contributed by atoms with E-state index in [9.17, 15) is 34.8 Å². The van der Waals surface area contributed by atoms with Gasteiger partial charge >= 0.3 is 0 Å². The van der Waals surface area contributed by atoms with Gasteiger partial charge in [-0.1, -0.05) is 26.0 Å². The van der Waals surface area contributed by atoms with E-state index in [0.717, 1.165) is 12.1 Å². The van der Waals surface area contributed by atoms with Crippen molar-refractivity contribution in [2.75, 3.05) is 27.7 Å². The standard InChI is InChI=1S/C31H37N3O8/c1-13(2)11-33-12-14-6-7-16-17(8-14)24(35)21-18(27(16)42-5)9-15-10-19-23(34(3)4)26(37)22(30(32)40)29(39)31(19,41)28(38)20(15)25(21)36/h6-8,13,15,19,23,33,35-36,39,41H,9-12H2,1-5H3,(H2,32,40)/t15-,19-,23-,31-/m0/s1. The average Bonchev–Trinajstić information content (AvgIpc) is 2.90. The normalized spacial score (nSPS) is 25.7. The van der Waals surface area contributed by atoms with Crippen molar-refractivity contribution in [3.8, 4) is 11.5 Å². The smallest absolute Gasteiger partial charge is 0.255 e. The van der Waals surface area contributed by atoms with E-state index in [1.54, 1.807) is 20.2 Å². The van der Waals surface area contributed by atoms with Gasteiger partial charge in [-0.2, -0.15) is 0 Å². The molecule has 11 heteroatoms. The van der Waals surface area contributed by atoms with Gasteiger partial charge in [-0.3, -0.25) is 19.3 Å². The minimum Gasteiger partial charge on any atom is -0.508 e. The zero-order chi connectivity index (χ0) is 30.8. The van der Waals surface area contributed by atoms with Gasteiger partial charge in [0.25, 0.3) is 5.91 Å². The molecule has 3 aliphatic rings. The summed E-state index contributed by atoms with van der Waals surface area (Å²) in [6.07, 6.45) is 0.160. The molecule has 1 saturated carbocycles. The van der Waals surface area contributed by atoms with Gasteiger partial charge in [0, 0.05) is 34.4 Å². The third kappa shape index (κ3) is 4.18. The number of ether oxygens (including phenoxy) is 1. The van der Waals surface area contributed by atoms with Crippen LogP contribution in [0.2, 0.25) is 0 Å². The molecule has 0 unspecified atom stereocenters. The molecule has 7 N–H and O–H groups in total. The lowest BCUT2D eigenvalue weighted by Gasteiger charge is -2.50. The number of phenols is 1. The zero-order valence-electron chi connectivity index (χ0n) is 24.3. The molecule has 1 amide bonds. The van der Waals surface area contributed by atoms with E-state index in [0.29, 0.717) is 34.5 Å². The largest absolute Gasteiger partial charge is 0.508 e. The first-order valence-electron chi connectivity index (χ1n) is 13.9. The fourth-order valence-electron chi connectivity index (χ4n) is 6.97. The zero-order valence-corrected chi connectivity index (χ0v) is 24.3. The monoisotopic (exact) mass is 579 g/mol. The molecule has 0 heterocycles. The topological polar surface area (TPSA) is 183 Å². The Morgan fingerprint density at radius 1 is 1.19 bits per heavy atom. The number of Topliss-reactive ketones (excluding diaryl/α,β-unsaturated/α-hetero) is 2. The molecule has 4 atom stereocenters. The third-order valence-electron chi connectivity index (χ3n) is 8.80. The Kier molecular flexibility index (Phi) is 7.33. The third-order valence-corrected chi connectivity index (χ3v) is 8.80. The van der Waals surface area contributed by atoms with Gasteiger partial charge in [0.1, 0.15) is 28.6 Å². The van der Waals surface area contributed by atoms with Gasteiger partial charge in [-0.15, -0.1) is 0 Å². The fraction of sp³-hybridized carbons (Fsp3) is 0.452. The highest BCUT2D eigenvalue weighted by molar-refractivity contribution is 6.24. The quantitative estimate of drug-likeness (QED) is 0.265. The lowest BCUT2D eigenvalue weighted by molar-refractivity contribution is -0.153. The Balaban J connectivity index is 1.70. The number of ketones is 2. The maximum Gasteiger partial charge on any atom is 0.255 e. The van der Waals surface area contributed by atoms with Crippen molar-refractivity contribution < 1.29 is 39.5 Å². The summed E-state index contributed by atoms with van der Waals surface area (Å²) in [7, 11) is 4.61. The first-order chi connectivity index (χ1) is 19.7. The first kappa shape index (κ1) is 29.6. The van der Waals surface area contributed by atoms with E-state index >= 15 is 0 Å². The molecule has 42 heavy (non-hydrogen) atoms. The summed E-state index contributed by atoms with van der Waals surface area (Å²) in [5, 5.41) is 50.3. The number of primary amides is 1. The van der Waals surface area contributed by atoms with Crippen molar-refractivity contribution in [3.05, 3.63) is 51.8 Å². The molecule has 2 aromatic carbocycles. The van der Waals surface area contributed by atoms with Crippen LogP contribution >= 0.6 is 0 Å². The summed E-state index contributed by atoms with van der Waals surface area (Å²) in [4.78, 5) is 41.0. The molecular weight excluding hydrogens is 542 g/mol. The second-order valence-corrected chi connectivity index (χ2v) is 12.1. The molecule has 0 aliphatic heterocycles. The highest BCUT2D eigenvalue weighted by atomic mass is 16.5. The number of hydrogen-bond acceptors (Lipinski definition) is 10. The number of hydrogen-bond donors (Lipinski definition) is 6. The molecule has 3 aliphatic carbocycles. The number of aromatic hydroxyl groups is 1. The second kappa shape index (κ2) is 10.4. The van der Waals surface area contributed by atoms with E-state index in [-0.39, 0.29) is 29.7 Å². The summed E-state index contributed by atoms with van der Waals surface area (Å²) >= 11 is 0. The van der Waals surface area contributed by atoms with Gasteiger partial charge < -0.3 is 36.2 Å². The molecule has 5 rings (SSSR count). The number of phenolic OH excluding ortho intramolecular Hbond substituents is 1. The number of amides is 1. The van der Waals surface area contributed by atoms with Crippen LogP contribution in [0.25, 0.3) is 16.5 Å². The van der Waals surface area contributed by atoms with Gasteiger partial charge in [0.15, 0.2) is 11.4 Å². The van der Waals surface area contributed by atoms with Crippen LogP contribution in [0, 0.1) is 17.8 Å². The van der Waals surface area contributed by atoms with Crippen LogP contribution in [0.4, 0.5) is 0 Å². The van der Waals surface area contributed by atoms with Crippen molar-refractivity contribution >= 4 is 34.0 Å². The van der Waals surface area contributed by atoms with Crippen molar-refractivity contribution in [2.24, 2.45) is 23.5 Å². The number of methoxy groups -OCH3 is 1. The van der Waals surface area contributed by atoms with Crippen molar-refractivity contribution in [3.63, 3.8) is 0 Å². The Hall–Kier alpha value is -3.93. The van der Waals surface area contributed by atoms with Gasteiger partial charge in [-0.05, 0) is 56.9 Å². The minimum absolute atomic E-state index is 0.00271. The molecule has 0 radical (unpaired) electrons. The summed E-state index contributed by atoms with van der Waals surface area (Å²) in [5.41, 5.74) is 3.04. The molecular formula is C31H37N3O8. The second-order valence-electron chi connectivity index (χ2n) is 12.1. The maximum atomic E-state index is 14.1. The van der Waals surface area contributed by atoms with Crippen LogP contribution in [-0.2, 0) is 27.3 Å². The predicted molar refractivity (Wildman–Crippen MR) is 155 cm³/mol. The minimum atomic E-state index is -2.68. The Morgan fingerprint density at radius 2 is 1.88 bits per heavy atom. The molecule has 1 fully saturated rings. The Morgan fingerprint density at radius 3 is 2.48 bits per heavy atom. The number of nitrogens with one attached hydrogen (secondary N) is 1. The Bertz CT molecular complexity index is 1590. The molecule has 0 saturated heterocycles. The number of aliphatic hydroxyl groups excluding tert-OH is 2. The Labute approximate surface area is 243 Å². The lowest BCUT2D eigenvalue weighted by Crippen LogP contribution is -2.65. The van der Waals surface area contributed by atoms with E-state index < -0.39 is 58.0 Å². The van der Waals surface area contributed by atoms with Gasteiger partial charge in [-0.25, -0.2) is 0 Å². The van der Waals surface area contributed by atoms with E-state index in [1.165, 1.54) is 12.0 Å². The summed E-state index contributed by atoms with van der Waals surface area (Å²) in [6.45, 7) is 5.55. The summed E-state index contributed by atoms with van der Waals surface area (Å²) < 4.78 is 5.79. The van der Waals surface area contributed by atoms with Gasteiger partial charge in [0.05, 0.1) is 18.7 Å². The van der Waals surface area contributed by atoms with Crippen molar-refractivity contribution in [1.82, 2.24) is 10.2 Å². The SMILES string of the molecule is COc1c2c(c(O)c3cc(CNCC(C)C)ccc13)C(O)=C1C(=O)[C@]3(O)C(O)=C(C(N)=O)C(=O)[C@@H](N(C)C)[C@@H]3C[C@@H]1C2. The number of rotatable bonds is 7. The van der Waals surface area contributed by atoms with E-state index in [1.807, 2.05) is 12.1 Å². The van der Waals surface area contributed by atoms with Crippen LogP contribution in [0.3, 0.4) is 0 Å². The number of fused-ring (bicyclic) bond motifs is 4. The first-order valence-corrected chi connectivity index (χ1v) is 13.9. The van der Waals surface area contributed by atoms with Crippen LogP contribution < -0.4 is 15.8 Å². The van der Waals surface area contributed by atoms with E-state index in [2.05, 4.69) is 19.2 Å². The number of aliphatic hydroxyl groups is 3. The van der Waals surface area contributed by atoms with Crippen molar-refractivity contribution in [1.29, 1.82) is 0 Å². The fourth-order valence-corrected chi connectivity index (χ4v) is 6.97. The number of carbonyl (C=O) groups is 3. The lowest BCUT2D eigenvalue weighted by atomic mass is 9.57. The van der Waals surface area contributed by atoms with Crippen LogP contribution in [-0.4, -0.2) is 82.2 Å². The number of nitrogens with zero attached hydrogens (tertiary/aromatic N) is 1. The van der Waals surface area contributed by atoms with Crippen LogP contribution in [0.15, 0.2) is 35.1 Å². The number of carbonyl (C=O) groups excluding carboxylic acids is 3. The molecule has 0 spiro atoms. The number of nitrogens with two attached hydrogens (primary N) is 1. The highest BCUT2D eigenvalue weighted by Gasteiger charge is 2.64. The molecule has 11 nitrogen and oxygen atoms in total. The maximum absolute atomic E-state index is 14.1. The summed E-state index contributed by atoms with van der Waals surface area (Å²) in [5.74, 6) is -5.96. The molecule has 0 aromatic heterocycles. The van der Waals surface area contributed by atoms with E-state index in [4.69, 9.17) is 10.5 Å². The predicted octanol–water partition coefficient (Wildman–Crippen LogP) is 1.87. The van der Waals surface area contributed by atoms with Crippen LogP contribution in [0.1, 0.15) is 37.0 Å². The number of likely N-dealkylation sites (N-methyl/N-ethyl adjacent to an activating group) is 1.